The molecule has 4 rings (SSSR count). The molecule has 1 aromatic carbocycles. The first kappa shape index (κ1) is 13.9. The molecule has 3 aromatic rings. The summed E-state index contributed by atoms with van der Waals surface area (Å²) >= 11 is 0. The van der Waals surface area contributed by atoms with Crippen molar-refractivity contribution in [2.75, 3.05) is 18.0 Å². The third-order valence-electron chi connectivity index (χ3n) is 4.37. The summed E-state index contributed by atoms with van der Waals surface area (Å²) < 4.78 is 0. The number of piperidine rings is 1. The van der Waals surface area contributed by atoms with E-state index in [-0.39, 0.29) is 0 Å². The molecule has 0 radical (unpaired) electrons. The SMILES string of the molecule is c1ccc(-c2ccc(N3CCC[C@H](c4ncc[nH]4)C3)nn2)cc1. The largest absolute Gasteiger partial charge is 0.354 e. The number of anilines is 1. The first-order valence-corrected chi connectivity index (χ1v) is 8.03. The standard InChI is InChI=1S/C18H19N5/c1-2-5-14(6-3-1)16-8-9-17(22-21-16)23-12-4-7-15(13-23)18-19-10-11-20-18/h1-3,5-6,8-11,15H,4,7,12-13H2,(H,19,20)/t15-/m0/s1. The number of benzene rings is 1. The van der Waals surface area contributed by atoms with Gasteiger partial charge in [-0.05, 0) is 25.0 Å². The Labute approximate surface area is 135 Å². The van der Waals surface area contributed by atoms with Gasteiger partial charge in [-0.25, -0.2) is 4.98 Å². The fraction of sp³-hybridized carbons (Fsp3) is 0.278. The summed E-state index contributed by atoms with van der Waals surface area (Å²) in [5.41, 5.74) is 2.01. The monoisotopic (exact) mass is 305 g/mol. The van der Waals surface area contributed by atoms with Crippen molar-refractivity contribution in [1.29, 1.82) is 0 Å². The second kappa shape index (κ2) is 6.20. The molecule has 5 heteroatoms. The van der Waals surface area contributed by atoms with Crippen molar-refractivity contribution in [3.8, 4) is 11.3 Å². The van der Waals surface area contributed by atoms with Gasteiger partial charge in [-0.2, -0.15) is 0 Å². The maximum absolute atomic E-state index is 4.44. The Bertz CT molecular complexity index is 737. The molecule has 1 fully saturated rings. The van der Waals surface area contributed by atoms with Gasteiger partial charge in [0.05, 0.1) is 5.69 Å². The second-order valence-corrected chi connectivity index (χ2v) is 5.90. The summed E-state index contributed by atoms with van der Waals surface area (Å²) in [6.45, 7) is 1.96. The minimum absolute atomic E-state index is 0.439. The third kappa shape index (κ3) is 2.95. The van der Waals surface area contributed by atoms with E-state index < -0.39 is 0 Å². The fourth-order valence-corrected chi connectivity index (χ4v) is 3.17. The number of nitrogens with one attached hydrogen (secondary N) is 1. The number of aromatic nitrogens is 4. The molecule has 1 atom stereocenters. The number of hydrogen-bond donors (Lipinski definition) is 1. The van der Waals surface area contributed by atoms with Crippen LogP contribution in [0.5, 0.6) is 0 Å². The van der Waals surface area contributed by atoms with Crippen LogP contribution < -0.4 is 4.90 Å². The lowest BCUT2D eigenvalue weighted by molar-refractivity contribution is 0.490. The molecule has 0 aliphatic carbocycles. The Balaban J connectivity index is 1.51. The Morgan fingerprint density at radius 1 is 1.04 bits per heavy atom. The van der Waals surface area contributed by atoms with Crippen molar-refractivity contribution < 1.29 is 0 Å². The Kier molecular flexibility index (Phi) is 3.76. The van der Waals surface area contributed by atoms with E-state index in [1.807, 2.05) is 36.7 Å². The van der Waals surface area contributed by atoms with Crippen LogP contribution >= 0.6 is 0 Å². The second-order valence-electron chi connectivity index (χ2n) is 5.90. The van der Waals surface area contributed by atoms with Crippen molar-refractivity contribution >= 4 is 5.82 Å². The highest BCUT2D eigenvalue weighted by Crippen LogP contribution is 2.27. The molecular formula is C18H19N5. The lowest BCUT2D eigenvalue weighted by atomic mass is 9.97. The summed E-state index contributed by atoms with van der Waals surface area (Å²) in [5, 5.41) is 8.84. The minimum Gasteiger partial charge on any atom is -0.354 e. The molecule has 23 heavy (non-hydrogen) atoms. The molecule has 5 nitrogen and oxygen atoms in total. The third-order valence-corrected chi connectivity index (χ3v) is 4.37. The molecule has 0 saturated carbocycles. The summed E-state index contributed by atoms with van der Waals surface area (Å²) in [6, 6.07) is 14.3. The van der Waals surface area contributed by atoms with Crippen LogP contribution in [0.25, 0.3) is 11.3 Å². The van der Waals surface area contributed by atoms with Crippen LogP contribution in [0.2, 0.25) is 0 Å². The maximum atomic E-state index is 4.44. The van der Waals surface area contributed by atoms with Crippen molar-refractivity contribution in [2.24, 2.45) is 0 Å². The topological polar surface area (TPSA) is 57.7 Å². The highest BCUT2D eigenvalue weighted by atomic mass is 15.3. The lowest BCUT2D eigenvalue weighted by Crippen LogP contribution is -2.35. The van der Waals surface area contributed by atoms with Gasteiger partial charge >= 0.3 is 0 Å². The van der Waals surface area contributed by atoms with E-state index in [1.165, 1.54) is 6.42 Å². The van der Waals surface area contributed by atoms with E-state index in [4.69, 9.17) is 0 Å². The zero-order chi connectivity index (χ0) is 15.5. The van der Waals surface area contributed by atoms with Crippen LogP contribution in [-0.2, 0) is 0 Å². The molecule has 1 aliphatic heterocycles. The van der Waals surface area contributed by atoms with Crippen LogP contribution in [-0.4, -0.2) is 33.3 Å². The molecule has 1 aliphatic rings. The van der Waals surface area contributed by atoms with Gasteiger partial charge in [0, 0.05) is 37.0 Å². The number of rotatable bonds is 3. The molecular weight excluding hydrogens is 286 g/mol. The maximum Gasteiger partial charge on any atom is 0.151 e. The zero-order valence-corrected chi connectivity index (χ0v) is 12.9. The normalized spacial score (nSPS) is 18.1. The number of nitrogens with zero attached hydrogens (tertiary/aromatic N) is 4. The quantitative estimate of drug-likeness (QED) is 0.807. The summed E-state index contributed by atoms with van der Waals surface area (Å²) in [4.78, 5) is 9.94. The molecule has 116 valence electrons. The number of hydrogen-bond acceptors (Lipinski definition) is 4. The molecule has 3 heterocycles. The van der Waals surface area contributed by atoms with Crippen LogP contribution in [0.1, 0.15) is 24.6 Å². The van der Waals surface area contributed by atoms with Gasteiger partial charge in [0.15, 0.2) is 5.82 Å². The first-order valence-electron chi connectivity index (χ1n) is 8.03. The van der Waals surface area contributed by atoms with E-state index in [9.17, 15) is 0 Å². The molecule has 2 aromatic heterocycles. The van der Waals surface area contributed by atoms with E-state index in [0.717, 1.165) is 42.4 Å². The number of imidazole rings is 1. The lowest BCUT2D eigenvalue weighted by Gasteiger charge is -2.32. The number of aromatic amines is 1. The Hall–Kier alpha value is -2.69. The summed E-state index contributed by atoms with van der Waals surface area (Å²) in [5.74, 6) is 2.46. The van der Waals surface area contributed by atoms with Crippen LogP contribution in [0, 0.1) is 0 Å². The number of H-pyrrole nitrogens is 1. The predicted octanol–water partition coefficient (Wildman–Crippen LogP) is 3.25. The summed E-state index contributed by atoms with van der Waals surface area (Å²) in [6.07, 6.45) is 6.03. The van der Waals surface area contributed by atoms with Crippen LogP contribution in [0.4, 0.5) is 5.82 Å². The van der Waals surface area contributed by atoms with Gasteiger partial charge in [0.1, 0.15) is 5.82 Å². The van der Waals surface area contributed by atoms with E-state index >= 15 is 0 Å². The fourth-order valence-electron chi connectivity index (χ4n) is 3.17. The Morgan fingerprint density at radius 2 is 1.96 bits per heavy atom. The van der Waals surface area contributed by atoms with Gasteiger partial charge in [-0.3, -0.25) is 0 Å². The van der Waals surface area contributed by atoms with Gasteiger partial charge < -0.3 is 9.88 Å². The molecule has 0 spiro atoms. The Morgan fingerprint density at radius 3 is 2.70 bits per heavy atom. The average Bonchev–Trinajstić information content (AvgIpc) is 3.18. The van der Waals surface area contributed by atoms with E-state index in [2.05, 4.69) is 43.3 Å². The molecule has 0 unspecified atom stereocenters. The van der Waals surface area contributed by atoms with Gasteiger partial charge in [-0.1, -0.05) is 30.3 Å². The van der Waals surface area contributed by atoms with E-state index in [0.29, 0.717) is 5.92 Å². The van der Waals surface area contributed by atoms with Gasteiger partial charge in [-0.15, -0.1) is 10.2 Å². The highest BCUT2D eigenvalue weighted by Gasteiger charge is 2.24. The average molecular weight is 305 g/mol. The molecule has 1 saturated heterocycles. The zero-order valence-electron chi connectivity index (χ0n) is 12.9. The van der Waals surface area contributed by atoms with Gasteiger partial charge in [0.25, 0.3) is 0 Å². The summed E-state index contributed by atoms with van der Waals surface area (Å²) in [7, 11) is 0. The van der Waals surface area contributed by atoms with Crippen molar-refractivity contribution in [3.63, 3.8) is 0 Å². The van der Waals surface area contributed by atoms with Crippen LogP contribution in [0.3, 0.4) is 0 Å². The smallest absolute Gasteiger partial charge is 0.151 e. The first-order chi connectivity index (χ1) is 11.4. The highest BCUT2D eigenvalue weighted by molar-refractivity contribution is 5.59. The minimum atomic E-state index is 0.439. The van der Waals surface area contributed by atoms with Crippen LogP contribution in [0.15, 0.2) is 54.9 Å². The van der Waals surface area contributed by atoms with E-state index in [1.54, 1.807) is 0 Å². The predicted molar refractivity (Wildman–Crippen MR) is 90.2 cm³/mol. The van der Waals surface area contributed by atoms with Crippen molar-refractivity contribution in [3.05, 3.63) is 60.7 Å². The van der Waals surface area contributed by atoms with Crippen molar-refractivity contribution in [1.82, 2.24) is 20.2 Å². The van der Waals surface area contributed by atoms with Gasteiger partial charge in [0.2, 0.25) is 0 Å². The molecule has 0 amide bonds. The molecule has 1 N–H and O–H groups in total. The molecule has 0 bridgehead atoms. The van der Waals surface area contributed by atoms with Crippen molar-refractivity contribution in [2.45, 2.75) is 18.8 Å².